The monoisotopic (exact) mass is 347 g/mol. The molecule has 0 spiro atoms. The molecule has 1 saturated heterocycles. The normalized spacial score (nSPS) is 15.6. The number of para-hydroxylation sites is 1. The van der Waals surface area contributed by atoms with Crippen molar-refractivity contribution in [1.29, 1.82) is 0 Å². The first kappa shape index (κ1) is 19.1. The van der Waals surface area contributed by atoms with Gasteiger partial charge >= 0.3 is 6.03 Å². The molecule has 2 rings (SSSR count). The van der Waals surface area contributed by atoms with Crippen LogP contribution in [0.2, 0.25) is 0 Å². The molecule has 1 aromatic rings. The predicted molar refractivity (Wildman–Crippen MR) is 97.5 cm³/mol. The van der Waals surface area contributed by atoms with Crippen molar-refractivity contribution < 1.29 is 14.3 Å². The molecule has 0 aromatic heterocycles. The highest BCUT2D eigenvalue weighted by atomic mass is 16.5. The number of rotatable bonds is 5. The lowest BCUT2D eigenvalue weighted by atomic mass is 9.97. The summed E-state index contributed by atoms with van der Waals surface area (Å²) in [5, 5.41) is 5.91. The predicted octanol–water partition coefficient (Wildman–Crippen LogP) is 2.40. The van der Waals surface area contributed by atoms with Gasteiger partial charge in [0.1, 0.15) is 5.75 Å². The van der Waals surface area contributed by atoms with Crippen molar-refractivity contribution in [2.45, 2.75) is 39.2 Å². The third-order valence-electron chi connectivity index (χ3n) is 4.08. The Hall–Kier alpha value is -2.24. The second-order valence-electron chi connectivity index (χ2n) is 7.52. The molecule has 0 radical (unpaired) electrons. The Morgan fingerprint density at radius 3 is 2.40 bits per heavy atom. The van der Waals surface area contributed by atoms with E-state index >= 15 is 0 Å². The molecule has 1 aliphatic rings. The number of ether oxygens (including phenoxy) is 1. The van der Waals surface area contributed by atoms with E-state index in [2.05, 4.69) is 10.6 Å². The van der Waals surface area contributed by atoms with E-state index < -0.39 is 0 Å². The van der Waals surface area contributed by atoms with Crippen LogP contribution in [0, 0.1) is 5.92 Å². The van der Waals surface area contributed by atoms with Gasteiger partial charge in [0.25, 0.3) is 5.91 Å². The van der Waals surface area contributed by atoms with E-state index in [9.17, 15) is 9.59 Å². The number of likely N-dealkylation sites (tertiary alicyclic amines) is 1. The van der Waals surface area contributed by atoms with Gasteiger partial charge in [-0.25, -0.2) is 4.79 Å². The summed E-state index contributed by atoms with van der Waals surface area (Å²) >= 11 is 0. The smallest absolute Gasteiger partial charge is 0.317 e. The lowest BCUT2D eigenvalue weighted by Gasteiger charge is -2.34. The fourth-order valence-electron chi connectivity index (χ4n) is 2.71. The highest BCUT2D eigenvalue weighted by Crippen LogP contribution is 2.17. The van der Waals surface area contributed by atoms with Crippen molar-refractivity contribution in [1.82, 2.24) is 15.5 Å². The first-order valence-corrected chi connectivity index (χ1v) is 8.85. The molecule has 1 aliphatic heterocycles. The lowest BCUT2D eigenvalue weighted by molar-refractivity contribution is -0.123. The molecule has 1 fully saturated rings. The lowest BCUT2D eigenvalue weighted by Crippen LogP contribution is -2.51. The highest BCUT2D eigenvalue weighted by Gasteiger charge is 2.25. The van der Waals surface area contributed by atoms with Crippen LogP contribution in [0.4, 0.5) is 4.79 Å². The summed E-state index contributed by atoms with van der Waals surface area (Å²) in [6, 6.07) is 9.29. The molecular formula is C19H29N3O3. The zero-order valence-electron chi connectivity index (χ0n) is 15.4. The van der Waals surface area contributed by atoms with Gasteiger partial charge in [-0.05, 0) is 51.7 Å². The van der Waals surface area contributed by atoms with Crippen molar-refractivity contribution in [2.75, 3.05) is 26.2 Å². The van der Waals surface area contributed by atoms with E-state index in [4.69, 9.17) is 4.74 Å². The van der Waals surface area contributed by atoms with Gasteiger partial charge in [-0.3, -0.25) is 4.79 Å². The van der Waals surface area contributed by atoms with Crippen LogP contribution in [0.25, 0.3) is 0 Å². The number of carbonyl (C=O) groups is 2. The van der Waals surface area contributed by atoms with Crippen LogP contribution in [-0.2, 0) is 4.79 Å². The first-order chi connectivity index (χ1) is 11.8. The van der Waals surface area contributed by atoms with Crippen LogP contribution in [0.15, 0.2) is 30.3 Å². The maximum Gasteiger partial charge on any atom is 0.317 e. The van der Waals surface area contributed by atoms with E-state index in [1.807, 2.05) is 56.0 Å². The summed E-state index contributed by atoms with van der Waals surface area (Å²) in [5.74, 6) is 0.979. The van der Waals surface area contributed by atoms with Crippen LogP contribution < -0.4 is 15.4 Å². The molecule has 6 nitrogen and oxygen atoms in total. The summed E-state index contributed by atoms with van der Waals surface area (Å²) in [4.78, 5) is 25.9. The molecule has 0 unspecified atom stereocenters. The Morgan fingerprint density at radius 1 is 1.16 bits per heavy atom. The van der Waals surface area contributed by atoms with E-state index in [1.54, 1.807) is 0 Å². The van der Waals surface area contributed by atoms with Crippen LogP contribution in [-0.4, -0.2) is 48.6 Å². The van der Waals surface area contributed by atoms with Gasteiger partial charge in [-0.1, -0.05) is 18.2 Å². The minimum absolute atomic E-state index is 0.00810. The molecule has 0 saturated carbocycles. The number of benzene rings is 1. The second-order valence-corrected chi connectivity index (χ2v) is 7.52. The number of piperidine rings is 1. The fourth-order valence-corrected chi connectivity index (χ4v) is 2.71. The number of nitrogens with zero attached hydrogens (tertiary/aromatic N) is 1. The summed E-state index contributed by atoms with van der Waals surface area (Å²) < 4.78 is 5.43. The Balaban J connectivity index is 1.63. The molecular weight excluding hydrogens is 318 g/mol. The average molecular weight is 347 g/mol. The minimum Gasteiger partial charge on any atom is -0.484 e. The van der Waals surface area contributed by atoms with Gasteiger partial charge in [0.15, 0.2) is 6.61 Å². The Labute approximate surface area is 149 Å². The summed E-state index contributed by atoms with van der Waals surface area (Å²) in [6.45, 7) is 8.04. The molecule has 0 bridgehead atoms. The Morgan fingerprint density at radius 2 is 1.80 bits per heavy atom. The first-order valence-electron chi connectivity index (χ1n) is 8.85. The molecule has 2 N–H and O–H groups in total. The Bertz CT molecular complexity index is 561. The van der Waals surface area contributed by atoms with Crippen molar-refractivity contribution in [3.05, 3.63) is 30.3 Å². The van der Waals surface area contributed by atoms with Gasteiger partial charge in [0.05, 0.1) is 0 Å². The summed E-state index contributed by atoms with van der Waals surface area (Å²) in [6.07, 6.45) is 1.80. The Kier molecular flexibility index (Phi) is 6.67. The van der Waals surface area contributed by atoms with E-state index in [1.165, 1.54) is 0 Å². The van der Waals surface area contributed by atoms with E-state index in [-0.39, 0.29) is 24.1 Å². The third kappa shape index (κ3) is 7.03. The zero-order valence-corrected chi connectivity index (χ0v) is 15.4. The number of amides is 3. The number of hydrogen-bond donors (Lipinski definition) is 2. The number of urea groups is 1. The molecule has 0 atom stereocenters. The highest BCUT2D eigenvalue weighted by molar-refractivity contribution is 5.77. The van der Waals surface area contributed by atoms with E-state index in [0.29, 0.717) is 18.2 Å². The van der Waals surface area contributed by atoms with Crippen LogP contribution >= 0.6 is 0 Å². The average Bonchev–Trinajstić information content (AvgIpc) is 2.58. The van der Waals surface area contributed by atoms with Gasteiger partial charge in [0.2, 0.25) is 0 Å². The molecule has 3 amide bonds. The standard InChI is InChI=1S/C19H29N3O3/c1-19(2,3)21-18(24)22-11-9-15(10-12-22)13-20-17(23)14-25-16-7-5-4-6-8-16/h4-8,15H,9-14H2,1-3H3,(H,20,23)(H,21,24). The van der Waals surface area contributed by atoms with Crippen molar-refractivity contribution in [3.8, 4) is 5.75 Å². The summed E-state index contributed by atoms with van der Waals surface area (Å²) in [5.41, 5.74) is -0.222. The molecule has 138 valence electrons. The summed E-state index contributed by atoms with van der Waals surface area (Å²) in [7, 11) is 0. The topological polar surface area (TPSA) is 70.7 Å². The van der Waals surface area contributed by atoms with Crippen LogP contribution in [0.1, 0.15) is 33.6 Å². The van der Waals surface area contributed by atoms with Crippen molar-refractivity contribution >= 4 is 11.9 Å². The fraction of sp³-hybridized carbons (Fsp3) is 0.579. The maximum atomic E-state index is 12.1. The van der Waals surface area contributed by atoms with Gasteiger partial charge in [0, 0.05) is 25.2 Å². The van der Waals surface area contributed by atoms with Gasteiger partial charge < -0.3 is 20.3 Å². The number of hydrogen-bond acceptors (Lipinski definition) is 3. The maximum absolute atomic E-state index is 12.1. The van der Waals surface area contributed by atoms with Crippen molar-refractivity contribution in [3.63, 3.8) is 0 Å². The largest absolute Gasteiger partial charge is 0.484 e. The van der Waals surface area contributed by atoms with Crippen molar-refractivity contribution in [2.24, 2.45) is 5.92 Å². The van der Waals surface area contributed by atoms with Gasteiger partial charge in [-0.15, -0.1) is 0 Å². The number of nitrogens with one attached hydrogen (secondary N) is 2. The third-order valence-corrected chi connectivity index (χ3v) is 4.08. The molecule has 6 heteroatoms. The molecule has 25 heavy (non-hydrogen) atoms. The van der Waals surface area contributed by atoms with E-state index in [0.717, 1.165) is 25.9 Å². The number of carbonyl (C=O) groups excluding carboxylic acids is 2. The molecule has 1 aromatic carbocycles. The van der Waals surface area contributed by atoms with Gasteiger partial charge in [-0.2, -0.15) is 0 Å². The molecule has 0 aliphatic carbocycles. The quantitative estimate of drug-likeness (QED) is 0.859. The molecule has 1 heterocycles. The SMILES string of the molecule is CC(C)(C)NC(=O)N1CCC(CNC(=O)COc2ccccc2)CC1. The van der Waals surface area contributed by atoms with Crippen LogP contribution in [0.5, 0.6) is 5.75 Å². The minimum atomic E-state index is -0.222. The second kappa shape index (κ2) is 8.74. The zero-order chi connectivity index (χ0) is 18.3. The van der Waals surface area contributed by atoms with Crippen LogP contribution in [0.3, 0.4) is 0 Å².